The van der Waals surface area contributed by atoms with Crippen LogP contribution in [0.3, 0.4) is 0 Å². The topological polar surface area (TPSA) is 66.5 Å². The molecule has 0 saturated heterocycles. The molecule has 0 atom stereocenters. The average molecular weight is 413 g/mol. The number of rotatable bonds is 5. The minimum atomic E-state index is -3.91. The van der Waals surface area contributed by atoms with Crippen molar-refractivity contribution in [3.8, 4) is 0 Å². The van der Waals surface area contributed by atoms with E-state index in [0.29, 0.717) is 12.2 Å². The normalized spacial score (nSPS) is 12.1. The molecule has 0 spiro atoms. The minimum Gasteiger partial charge on any atom is -0.309 e. The molecule has 2 aromatic carbocycles. The number of anilines is 1. The van der Waals surface area contributed by atoms with Gasteiger partial charge in [-0.2, -0.15) is 0 Å². The fourth-order valence-corrected chi connectivity index (χ4v) is 4.47. The number of sulfonamides is 1. The summed E-state index contributed by atoms with van der Waals surface area (Å²) in [6, 6.07) is 9.60. The molecule has 0 heterocycles. The van der Waals surface area contributed by atoms with Gasteiger partial charge in [0.2, 0.25) is 10.0 Å². The minimum absolute atomic E-state index is 0.0214. The first-order chi connectivity index (χ1) is 12.4. The van der Waals surface area contributed by atoms with Gasteiger partial charge in [-0.3, -0.25) is 4.79 Å². The van der Waals surface area contributed by atoms with Crippen LogP contribution in [0.15, 0.2) is 47.4 Å². The molecular weight excluding hydrogens is 391 g/mol. The second kappa shape index (κ2) is 7.96. The Morgan fingerprint density at radius 3 is 2.26 bits per heavy atom. The van der Waals surface area contributed by atoms with Crippen LogP contribution in [0.5, 0.6) is 0 Å². The summed E-state index contributed by atoms with van der Waals surface area (Å²) >= 11 is 6.08. The maximum absolute atomic E-state index is 13.2. The van der Waals surface area contributed by atoms with Gasteiger partial charge in [0.1, 0.15) is 10.7 Å². The van der Waals surface area contributed by atoms with Gasteiger partial charge >= 0.3 is 0 Å². The van der Waals surface area contributed by atoms with Gasteiger partial charge in [-0.25, -0.2) is 17.5 Å². The van der Waals surface area contributed by atoms with Gasteiger partial charge in [-0.05, 0) is 70.2 Å². The molecule has 0 aromatic heterocycles. The lowest BCUT2D eigenvalue weighted by Crippen LogP contribution is -2.40. The summed E-state index contributed by atoms with van der Waals surface area (Å²) in [7, 11) is -3.91. The fourth-order valence-electron chi connectivity index (χ4n) is 2.52. The van der Waals surface area contributed by atoms with E-state index in [2.05, 4.69) is 4.72 Å². The fraction of sp³-hybridized carbons (Fsp3) is 0.316. The summed E-state index contributed by atoms with van der Waals surface area (Å²) in [5.74, 6) is -0.816. The van der Waals surface area contributed by atoms with Crippen molar-refractivity contribution in [1.82, 2.24) is 4.72 Å². The number of hydrogen-bond acceptors (Lipinski definition) is 3. The second-order valence-electron chi connectivity index (χ2n) is 7.03. The third kappa shape index (κ3) is 5.28. The largest absolute Gasteiger partial charge is 0.309 e. The Morgan fingerprint density at radius 1 is 1.15 bits per heavy atom. The van der Waals surface area contributed by atoms with Crippen molar-refractivity contribution in [1.29, 1.82) is 0 Å². The number of nitrogens with one attached hydrogen (secondary N) is 1. The molecule has 8 heteroatoms. The van der Waals surface area contributed by atoms with Crippen LogP contribution in [0.1, 0.15) is 38.1 Å². The molecule has 0 aliphatic heterocycles. The van der Waals surface area contributed by atoms with Crippen LogP contribution in [-0.4, -0.2) is 26.4 Å². The number of carbonyl (C=O) groups is 1. The van der Waals surface area contributed by atoms with Crippen LogP contribution in [-0.2, 0) is 10.0 Å². The maximum atomic E-state index is 13.2. The molecule has 146 valence electrons. The number of halogens is 2. The highest BCUT2D eigenvalue weighted by Crippen LogP contribution is 2.26. The van der Waals surface area contributed by atoms with E-state index in [1.807, 2.05) is 0 Å². The molecule has 0 aliphatic rings. The summed E-state index contributed by atoms with van der Waals surface area (Å²) in [6.45, 7) is 7.23. The highest BCUT2D eigenvalue weighted by atomic mass is 35.5. The Bertz CT molecular complexity index is 938. The van der Waals surface area contributed by atoms with Gasteiger partial charge < -0.3 is 4.90 Å². The maximum Gasteiger partial charge on any atom is 0.258 e. The van der Waals surface area contributed by atoms with Crippen molar-refractivity contribution in [2.45, 2.75) is 38.1 Å². The van der Waals surface area contributed by atoms with Crippen LogP contribution in [0, 0.1) is 5.82 Å². The van der Waals surface area contributed by atoms with Crippen molar-refractivity contribution in [3.05, 3.63) is 58.9 Å². The van der Waals surface area contributed by atoms with E-state index in [-0.39, 0.29) is 15.5 Å². The second-order valence-corrected chi connectivity index (χ2v) is 9.08. The summed E-state index contributed by atoms with van der Waals surface area (Å²) in [6.07, 6.45) is 0. The van der Waals surface area contributed by atoms with Gasteiger partial charge in [0.15, 0.2) is 0 Å². The Morgan fingerprint density at radius 2 is 1.74 bits per heavy atom. The predicted octanol–water partition coefficient (Wildman–Crippen LogP) is 4.22. The van der Waals surface area contributed by atoms with E-state index in [1.54, 1.807) is 27.7 Å². The van der Waals surface area contributed by atoms with Crippen LogP contribution in [0.4, 0.5) is 10.1 Å². The molecule has 0 unspecified atom stereocenters. The molecule has 0 saturated carbocycles. The molecule has 1 N–H and O–H groups in total. The quantitative estimate of drug-likeness (QED) is 0.799. The molecule has 0 radical (unpaired) electrons. The third-order valence-electron chi connectivity index (χ3n) is 3.61. The molecule has 0 fully saturated rings. The number of hydrogen-bond donors (Lipinski definition) is 1. The first-order valence-electron chi connectivity index (χ1n) is 8.35. The van der Waals surface area contributed by atoms with Gasteiger partial charge in [0, 0.05) is 23.3 Å². The predicted molar refractivity (Wildman–Crippen MR) is 105 cm³/mol. The van der Waals surface area contributed by atoms with E-state index in [1.165, 1.54) is 47.4 Å². The van der Waals surface area contributed by atoms with Crippen molar-refractivity contribution < 1.29 is 17.6 Å². The van der Waals surface area contributed by atoms with E-state index >= 15 is 0 Å². The van der Waals surface area contributed by atoms with E-state index in [9.17, 15) is 17.6 Å². The monoisotopic (exact) mass is 412 g/mol. The highest BCUT2D eigenvalue weighted by molar-refractivity contribution is 7.89. The SMILES string of the molecule is CCN(C(=O)c1ccc(Cl)c(S(=O)(=O)NC(C)(C)C)c1)c1ccc(F)cc1. The third-order valence-corrected chi connectivity index (χ3v) is 5.85. The first kappa shape index (κ1) is 21.3. The standard InChI is InChI=1S/C19H22ClFN2O3S/c1-5-23(15-9-7-14(21)8-10-15)18(24)13-6-11-16(20)17(12-13)27(25,26)22-19(2,3)4/h6-12,22H,5H2,1-4H3. The molecule has 0 aliphatic carbocycles. The number of nitrogens with zero attached hydrogens (tertiary/aromatic N) is 1. The summed E-state index contributed by atoms with van der Waals surface area (Å²) in [5.41, 5.74) is -0.0258. The number of carbonyl (C=O) groups excluding carboxylic acids is 1. The lowest BCUT2D eigenvalue weighted by Gasteiger charge is -2.23. The Kier molecular flexibility index (Phi) is 6.29. The van der Waals surface area contributed by atoms with E-state index in [4.69, 9.17) is 11.6 Å². The van der Waals surface area contributed by atoms with E-state index in [0.717, 1.165) is 0 Å². The van der Waals surface area contributed by atoms with Gasteiger partial charge in [-0.15, -0.1) is 0 Å². The Balaban J connectivity index is 2.44. The van der Waals surface area contributed by atoms with E-state index < -0.39 is 27.3 Å². The Hall–Kier alpha value is -1.96. The Labute approximate surface area is 164 Å². The zero-order valence-corrected chi connectivity index (χ0v) is 17.2. The smallest absolute Gasteiger partial charge is 0.258 e. The first-order valence-corrected chi connectivity index (χ1v) is 10.2. The van der Waals surface area contributed by atoms with Crippen molar-refractivity contribution in [3.63, 3.8) is 0 Å². The molecular formula is C19H22ClFN2O3S. The summed E-state index contributed by atoms with van der Waals surface area (Å²) in [5, 5.41) is 0.0214. The van der Waals surface area contributed by atoms with Crippen molar-refractivity contribution in [2.75, 3.05) is 11.4 Å². The summed E-state index contributed by atoms with van der Waals surface area (Å²) in [4.78, 5) is 14.2. The number of benzene rings is 2. The molecule has 5 nitrogen and oxygen atoms in total. The number of amides is 1. The summed E-state index contributed by atoms with van der Waals surface area (Å²) < 4.78 is 40.9. The molecule has 1 amide bonds. The molecule has 2 rings (SSSR count). The van der Waals surface area contributed by atoms with Gasteiger partial charge in [0.25, 0.3) is 5.91 Å². The highest BCUT2D eigenvalue weighted by Gasteiger charge is 2.26. The molecule has 27 heavy (non-hydrogen) atoms. The van der Waals surface area contributed by atoms with Crippen LogP contribution in [0.25, 0.3) is 0 Å². The zero-order chi connectivity index (χ0) is 20.4. The molecule has 2 aromatic rings. The van der Waals surface area contributed by atoms with Gasteiger partial charge in [0.05, 0.1) is 5.02 Å². The van der Waals surface area contributed by atoms with Crippen molar-refractivity contribution >= 4 is 33.2 Å². The van der Waals surface area contributed by atoms with Gasteiger partial charge in [-0.1, -0.05) is 11.6 Å². The molecule has 0 bridgehead atoms. The lowest BCUT2D eigenvalue weighted by atomic mass is 10.1. The van der Waals surface area contributed by atoms with Crippen LogP contribution in [0.2, 0.25) is 5.02 Å². The van der Waals surface area contributed by atoms with Crippen LogP contribution < -0.4 is 9.62 Å². The van der Waals surface area contributed by atoms with Crippen molar-refractivity contribution in [2.24, 2.45) is 0 Å². The zero-order valence-electron chi connectivity index (χ0n) is 15.6. The van der Waals surface area contributed by atoms with Crippen LogP contribution >= 0.6 is 11.6 Å². The average Bonchev–Trinajstić information content (AvgIpc) is 2.55. The lowest BCUT2D eigenvalue weighted by molar-refractivity contribution is 0.0988.